The molecule has 1 atom stereocenters. The third kappa shape index (κ3) is 8.79. The maximum absolute atomic E-state index is 14.5. The topological polar surface area (TPSA) is 0 Å². The molecule has 0 amide bonds. The van der Waals surface area contributed by atoms with Crippen molar-refractivity contribution in [3.05, 3.63) is 47.9 Å². The van der Waals surface area contributed by atoms with E-state index < -0.39 is 0 Å². The Hall–Kier alpha value is -1.55. The Bertz CT molecular complexity index is 534. The lowest BCUT2D eigenvalue weighted by Crippen LogP contribution is -2.13. The smallest absolute Gasteiger partial charge is 0.105 e. The zero-order chi connectivity index (χ0) is 20.1. The van der Waals surface area contributed by atoms with Crippen LogP contribution in [-0.4, -0.2) is 0 Å². The second-order valence-electron chi connectivity index (χ2n) is 8.17. The van der Waals surface area contributed by atoms with Gasteiger partial charge in [-0.25, -0.2) is 4.39 Å². The number of rotatable bonds is 7. The summed E-state index contributed by atoms with van der Waals surface area (Å²) in [5.41, 5.74) is 2.07. The van der Waals surface area contributed by atoms with E-state index in [1.807, 2.05) is 6.92 Å². The van der Waals surface area contributed by atoms with Crippen LogP contribution in [0.2, 0.25) is 0 Å². The van der Waals surface area contributed by atoms with E-state index in [2.05, 4.69) is 44.6 Å². The van der Waals surface area contributed by atoms with Gasteiger partial charge in [0.15, 0.2) is 0 Å². The van der Waals surface area contributed by atoms with Gasteiger partial charge in [-0.05, 0) is 67.6 Å². The van der Waals surface area contributed by atoms with Crippen LogP contribution in [0.3, 0.4) is 0 Å². The standard InChI is InChI=1S/C24H37F.C2H2/c1-4-21(23-13-9-6-10-14-23)18-24(25)17-19(2)15-16-20(3)22-11-7-5-8-12-22;1-2/h4,15-16,18,20,22-23H,2,5-14,17H2,1,3H3;1-2H/b16-15-,21-4+,24-18+;. The highest BCUT2D eigenvalue weighted by atomic mass is 19.1. The molecule has 2 aliphatic carbocycles. The summed E-state index contributed by atoms with van der Waals surface area (Å²) in [5, 5.41) is 0. The average Bonchev–Trinajstić information content (AvgIpc) is 2.73. The van der Waals surface area contributed by atoms with E-state index in [9.17, 15) is 4.39 Å². The second-order valence-corrected chi connectivity index (χ2v) is 8.17. The molecule has 2 rings (SSSR count). The minimum Gasteiger partial charge on any atom is -0.211 e. The number of allylic oxidation sites excluding steroid dienone is 7. The molecule has 0 aliphatic heterocycles. The molecule has 0 radical (unpaired) electrons. The van der Waals surface area contributed by atoms with Crippen LogP contribution < -0.4 is 0 Å². The first-order chi connectivity index (χ1) is 13.1. The molecule has 0 bridgehead atoms. The van der Waals surface area contributed by atoms with Gasteiger partial charge in [-0.2, -0.15) is 0 Å². The van der Waals surface area contributed by atoms with Crippen LogP contribution in [-0.2, 0) is 0 Å². The Morgan fingerprint density at radius 3 is 2.15 bits per heavy atom. The predicted octanol–water partition coefficient (Wildman–Crippen LogP) is 8.33. The minimum atomic E-state index is -0.0429. The molecule has 0 aromatic heterocycles. The molecule has 1 heteroatoms. The molecule has 2 aliphatic rings. The van der Waals surface area contributed by atoms with E-state index in [4.69, 9.17) is 0 Å². The molecule has 2 saturated carbocycles. The van der Waals surface area contributed by atoms with Crippen molar-refractivity contribution in [2.75, 3.05) is 0 Å². The molecule has 0 N–H and O–H groups in total. The molecule has 0 spiro atoms. The van der Waals surface area contributed by atoms with Crippen molar-refractivity contribution in [2.24, 2.45) is 17.8 Å². The Balaban J connectivity index is 0.00000176. The summed E-state index contributed by atoms with van der Waals surface area (Å²) < 4.78 is 14.5. The average molecular weight is 371 g/mol. The van der Waals surface area contributed by atoms with Crippen molar-refractivity contribution in [2.45, 2.75) is 84.5 Å². The second kappa shape index (κ2) is 13.6. The van der Waals surface area contributed by atoms with Crippen LogP contribution in [0.15, 0.2) is 47.9 Å². The Morgan fingerprint density at radius 1 is 1.04 bits per heavy atom. The SMILES string of the molecule is C#C.C=C(/C=C\C(C)C1CCCCC1)C/C(F)=C\C(=C/C)C1CCCCC1. The van der Waals surface area contributed by atoms with Gasteiger partial charge in [0.25, 0.3) is 0 Å². The van der Waals surface area contributed by atoms with E-state index in [1.54, 1.807) is 6.08 Å². The van der Waals surface area contributed by atoms with Crippen molar-refractivity contribution < 1.29 is 4.39 Å². The lowest BCUT2D eigenvalue weighted by atomic mass is 9.80. The summed E-state index contributed by atoms with van der Waals surface area (Å²) in [6.45, 7) is 8.40. The van der Waals surface area contributed by atoms with Gasteiger partial charge < -0.3 is 0 Å². The van der Waals surface area contributed by atoms with Gasteiger partial charge in [0, 0.05) is 6.42 Å². The van der Waals surface area contributed by atoms with E-state index in [0.29, 0.717) is 18.3 Å². The van der Waals surface area contributed by atoms with Gasteiger partial charge in [0.1, 0.15) is 5.83 Å². The first kappa shape index (κ1) is 23.5. The van der Waals surface area contributed by atoms with Crippen LogP contribution in [0.4, 0.5) is 4.39 Å². The van der Waals surface area contributed by atoms with Crippen molar-refractivity contribution in [1.82, 2.24) is 0 Å². The molecule has 0 aromatic carbocycles. The first-order valence-corrected chi connectivity index (χ1v) is 10.8. The molecule has 0 aromatic rings. The number of halogens is 1. The van der Waals surface area contributed by atoms with E-state index in [1.165, 1.54) is 69.8 Å². The lowest BCUT2D eigenvalue weighted by Gasteiger charge is -2.25. The zero-order valence-electron chi connectivity index (χ0n) is 17.6. The third-order valence-corrected chi connectivity index (χ3v) is 6.16. The lowest BCUT2D eigenvalue weighted by molar-refractivity contribution is 0.300. The molecule has 27 heavy (non-hydrogen) atoms. The van der Waals surface area contributed by atoms with Crippen molar-refractivity contribution in [3.63, 3.8) is 0 Å². The van der Waals surface area contributed by atoms with Crippen LogP contribution in [0, 0.1) is 30.6 Å². The van der Waals surface area contributed by atoms with Gasteiger partial charge in [0.2, 0.25) is 0 Å². The number of hydrogen-bond donors (Lipinski definition) is 0. The highest BCUT2D eigenvalue weighted by molar-refractivity contribution is 5.28. The summed E-state index contributed by atoms with van der Waals surface area (Å²) in [6, 6.07) is 0. The molecular formula is C26H39F. The molecule has 0 heterocycles. The minimum absolute atomic E-state index is 0.0429. The molecule has 0 saturated heterocycles. The highest BCUT2D eigenvalue weighted by Crippen LogP contribution is 2.32. The quantitative estimate of drug-likeness (QED) is 0.312. The van der Waals surface area contributed by atoms with Gasteiger partial charge in [-0.15, -0.1) is 12.8 Å². The van der Waals surface area contributed by atoms with Crippen LogP contribution in [0.1, 0.15) is 84.5 Å². The monoisotopic (exact) mass is 370 g/mol. The predicted molar refractivity (Wildman–Crippen MR) is 118 cm³/mol. The summed E-state index contributed by atoms with van der Waals surface area (Å²) in [5.74, 6) is 1.90. The van der Waals surface area contributed by atoms with Crippen LogP contribution in [0.25, 0.3) is 0 Å². The van der Waals surface area contributed by atoms with Crippen molar-refractivity contribution in [1.29, 1.82) is 0 Å². The fourth-order valence-corrected chi connectivity index (χ4v) is 4.49. The first-order valence-electron chi connectivity index (χ1n) is 10.8. The molecule has 0 nitrogen and oxygen atoms in total. The Kier molecular flexibility index (Phi) is 11.8. The maximum Gasteiger partial charge on any atom is 0.105 e. The van der Waals surface area contributed by atoms with Crippen LogP contribution in [0.5, 0.6) is 0 Å². The fraction of sp³-hybridized carbons (Fsp3) is 0.615. The maximum atomic E-state index is 14.5. The van der Waals surface area contributed by atoms with Crippen molar-refractivity contribution >= 4 is 0 Å². The summed E-state index contributed by atoms with van der Waals surface area (Å²) in [4.78, 5) is 0. The highest BCUT2D eigenvalue weighted by Gasteiger charge is 2.18. The van der Waals surface area contributed by atoms with E-state index in [-0.39, 0.29) is 5.83 Å². The van der Waals surface area contributed by atoms with Gasteiger partial charge in [-0.1, -0.05) is 70.3 Å². The number of hydrogen-bond acceptors (Lipinski definition) is 0. The summed E-state index contributed by atoms with van der Waals surface area (Å²) in [6.07, 6.45) is 29.7. The van der Waals surface area contributed by atoms with Gasteiger partial charge >= 0.3 is 0 Å². The van der Waals surface area contributed by atoms with Crippen molar-refractivity contribution in [3.8, 4) is 12.8 Å². The molecule has 1 unspecified atom stereocenters. The molecule has 2 fully saturated rings. The van der Waals surface area contributed by atoms with E-state index >= 15 is 0 Å². The fourth-order valence-electron chi connectivity index (χ4n) is 4.49. The van der Waals surface area contributed by atoms with Gasteiger partial charge in [0.05, 0.1) is 0 Å². The Labute approximate surface area is 167 Å². The summed E-state index contributed by atoms with van der Waals surface area (Å²) in [7, 11) is 0. The molecule has 150 valence electrons. The van der Waals surface area contributed by atoms with E-state index in [0.717, 1.165) is 11.5 Å². The number of terminal acetylenes is 1. The summed E-state index contributed by atoms with van der Waals surface area (Å²) >= 11 is 0. The molecular weight excluding hydrogens is 331 g/mol. The third-order valence-electron chi connectivity index (χ3n) is 6.16. The van der Waals surface area contributed by atoms with Crippen LogP contribution >= 0.6 is 0 Å². The largest absolute Gasteiger partial charge is 0.211 e. The Morgan fingerprint density at radius 2 is 1.59 bits per heavy atom. The van der Waals surface area contributed by atoms with Gasteiger partial charge in [-0.3, -0.25) is 0 Å². The normalized spacial score (nSPS) is 21.5. The zero-order valence-corrected chi connectivity index (χ0v) is 17.6.